The van der Waals surface area contributed by atoms with E-state index in [0.29, 0.717) is 12.5 Å². The monoisotopic (exact) mass is 313 g/mol. The Bertz CT molecular complexity index is 803. The van der Waals surface area contributed by atoms with Crippen molar-refractivity contribution in [2.75, 3.05) is 5.32 Å². The van der Waals surface area contributed by atoms with Crippen molar-refractivity contribution >= 4 is 34.0 Å². The standard InChI is InChI=1S/C17H19N3OS/c1-11(2)20-12(3)18-15-9-13(6-7-16(15)20)19-17(21)10-14-5-4-8-22-14/h4-9,11H,10H2,1-3H3,(H,19,21). The summed E-state index contributed by atoms with van der Waals surface area (Å²) < 4.78 is 2.20. The molecule has 0 saturated heterocycles. The number of benzene rings is 1. The number of carbonyl (C=O) groups is 1. The fraction of sp³-hybridized carbons (Fsp3) is 0.294. The predicted octanol–water partition coefficient (Wildman–Crippen LogP) is 4.17. The van der Waals surface area contributed by atoms with Crippen molar-refractivity contribution in [3.63, 3.8) is 0 Å². The van der Waals surface area contributed by atoms with Crippen LogP contribution in [-0.2, 0) is 11.2 Å². The van der Waals surface area contributed by atoms with E-state index in [-0.39, 0.29) is 5.91 Å². The highest BCUT2D eigenvalue weighted by Crippen LogP contribution is 2.23. The van der Waals surface area contributed by atoms with E-state index >= 15 is 0 Å². The Labute approximate surface area is 133 Å². The molecule has 0 fully saturated rings. The van der Waals surface area contributed by atoms with E-state index in [1.54, 1.807) is 11.3 Å². The van der Waals surface area contributed by atoms with Crippen LogP contribution in [0.4, 0.5) is 5.69 Å². The van der Waals surface area contributed by atoms with Gasteiger partial charge in [0.1, 0.15) is 5.82 Å². The van der Waals surface area contributed by atoms with Gasteiger partial charge in [0.2, 0.25) is 5.91 Å². The molecule has 22 heavy (non-hydrogen) atoms. The number of fused-ring (bicyclic) bond motifs is 1. The molecular weight excluding hydrogens is 294 g/mol. The maximum atomic E-state index is 12.1. The molecule has 0 bridgehead atoms. The highest BCUT2D eigenvalue weighted by Gasteiger charge is 2.11. The second kappa shape index (κ2) is 5.93. The number of imidazole rings is 1. The van der Waals surface area contributed by atoms with Gasteiger partial charge in [0, 0.05) is 16.6 Å². The van der Waals surface area contributed by atoms with Gasteiger partial charge in [-0.3, -0.25) is 4.79 Å². The first-order valence-corrected chi connectivity index (χ1v) is 8.23. The van der Waals surface area contributed by atoms with Crippen molar-refractivity contribution in [1.29, 1.82) is 0 Å². The van der Waals surface area contributed by atoms with Gasteiger partial charge in [-0.05, 0) is 50.4 Å². The minimum atomic E-state index is 0.00168. The second-order valence-corrected chi connectivity index (χ2v) is 6.66. The van der Waals surface area contributed by atoms with Crippen LogP contribution in [0.25, 0.3) is 11.0 Å². The molecule has 1 amide bonds. The zero-order chi connectivity index (χ0) is 15.7. The van der Waals surface area contributed by atoms with Gasteiger partial charge in [0.25, 0.3) is 0 Å². The molecule has 2 heterocycles. The Morgan fingerprint density at radius 2 is 2.18 bits per heavy atom. The maximum Gasteiger partial charge on any atom is 0.229 e. The van der Waals surface area contributed by atoms with Gasteiger partial charge in [0.15, 0.2) is 0 Å². The average molecular weight is 313 g/mol. The summed E-state index contributed by atoms with van der Waals surface area (Å²) in [6.07, 6.45) is 0.412. The lowest BCUT2D eigenvalue weighted by Crippen LogP contribution is -2.13. The zero-order valence-corrected chi connectivity index (χ0v) is 13.8. The topological polar surface area (TPSA) is 46.9 Å². The smallest absolute Gasteiger partial charge is 0.229 e. The lowest BCUT2D eigenvalue weighted by atomic mass is 10.2. The Balaban J connectivity index is 1.82. The Kier molecular flexibility index (Phi) is 3.98. The largest absolute Gasteiger partial charge is 0.326 e. The molecule has 114 valence electrons. The van der Waals surface area contributed by atoms with E-state index in [0.717, 1.165) is 27.4 Å². The van der Waals surface area contributed by atoms with Crippen LogP contribution in [0.5, 0.6) is 0 Å². The van der Waals surface area contributed by atoms with Crippen molar-refractivity contribution in [3.8, 4) is 0 Å². The molecule has 3 aromatic rings. The van der Waals surface area contributed by atoms with Crippen LogP contribution in [0.15, 0.2) is 35.7 Å². The molecule has 4 nitrogen and oxygen atoms in total. The number of amides is 1. The minimum absolute atomic E-state index is 0.00168. The fourth-order valence-electron chi connectivity index (χ4n) is 2.73. The van der Waals surface area contributed by atoms with Crippen LogP contribution in [0.3, 0.4) is 0 Å². The van der Waals surface area contributed by atoms with Gasteiger partial charge in [0.05, 0.1) is 17.5 Å². The van der Waals surface area contributed by atoms with Crippen molar-refractivity contribution in [2.24, 2.45) is 0 Å². The van der Waals surface area contributed by atoms with E-state index in [1.165, 1.54) is 0 Å². The van der Waals surface area contributed by atoms with Gasteiger partial charge >= 0.3 is 0 Å². The third-order valence-electron chi connectivity index (χ3n) is 3.58. The molecule has 1 N–H and O–H groups in total. The number of carbonyl (C=O) groups excluding carboxylic acids is 1. The van der Waals surface area contributed by atoms with Crippen molar-refractivity contribution < 1.29 is 4.79 Å². The molecule has 0 aliphatic heterocycles. The minimum Gasteiger partial charge on any atom is -0.326 e. The summed E-state index contributed by atoms with van der Waals surface area (Å²) in [4.78, 5) is 17.7. The Morgan fingerprint density at radius 3 is 2.86 bits per heavy atom. The summed E-state index contributed by atoms with van der Waals surface area (Å²) in [5, 5.41) is 4.93. The molecule has 0 unspecified atom stereocenters. The highest BCUT2D eigenvalue weighted by molar-refractivity contribution is 7.10. The molecule has 0 spiro atoms. The lowest BCUT2D eigenvalue weighted by Gasteiger charge is -2.11. The number of anilines is 1. The number of hydrogen-bond acceptors (Lipinski definition) is 3. The summed E-state index contributed by atoms with van der Waals surface area (Å²) in [6.45, 7) is 6.30. The number of nitrogens with zero attached hydrogens (tertiary/aromatic N) is 2. The first-order chi connectivity index (χ1) is 10.5. The number of nitrogens with one attached hydrogen (secondary N) is 1. The number of hydrogen-bond donors (Lipinski definition) is 1. The Morgan fingerprint density at radius 1 is 1.36 bits per heavy atom. The van der Waals surface area contributed by atoms with Crippen LogP contribution in [0.1, 0.15) is 30.6 Å². The second-order valence-electron chi connectivity index (χ2n) is 5.63. The number of thiophene rings is 1. The van der Waals surface area contributed by atoms with Gasteiger partial charge in [-0.1, -0.05) is 6.07 Å². The molecule has 0 aliphatic carbocycles. The first kappa shape index (κ1) is 14.8. The molecule has 0 aliphatic rings. The third kappa shape index (κ3) is 2.90. The van der Waals surface area contributed by atoms with Gasteiger partial charge < -0.3 is 9.88 Å². The summed E-state index contributed by atoms with van der Waals surface area (Å²) in [5.74, 6) is 0.994. The zero-order valence-electron chi connectivity index (χ0n) is 13.0. The van der Waals surface area contributed by atoms with Crippen LogP contribution in [0.2, 0.25) is 0 Å². The van der Waals surface area contributed by atoms with Crippen LogP contribution >= 0.6 is 11.3 Å². The van der Waals surface area contributed by atoms with Gasteiger partial charge in [-0.15, -0.1) is 11.3 Å². The first-order valence-electron chi connectivity index (χ1n) is 7.35. The van der Waals surface area contributed by atoms with E-state index in [2.05, 4.69) is 28.7 Å². The summed E-state index contributed by atoms with van der Waals surface area (Å²) in [5.41, 5.74) is 2.81. The van der Waals surface area contributed by atoms with Gasteiger partial charge in [-0.2, -0.15) is 0 Å². The summed E-state index contributed by atoms with van der Waals surface area (Å²) in [7, 11) is 0. The van der Waals surface area contributed by atoms with E-state index < -0.39 is 0 Å². The number of rotatable bonds is 4. The number of aryl methyl sites for hydroxylation is 1. The molecule has 3 rings (SSSR count). The molecule has 5 heteroatoms. The summed E-state index contributed by atoms with van der Waals surface area (Å²) in [6, 6.07) is 10.2. The third-order valence-corrected chi connectivity index (χ3v) is 4.46. The van der Waals surface area contributed by atoms with Crippen LogP contribution in [-0.4, -0.2) is 15.5 Å². The van der Waals surface area contributed by atoms with Crippen molar-refractivity contribution in [1.82, 2.24) is 9.55 Å². The molecule has 1 aromatic carbocycles. The SMILES string of the molecule is Cc1nc2cc(NC(=O)Cc3cccs3)ccc2n1C(C)C. The quantitative estimate of drug-likeness (QED) is 0.786. The van der Waals surface area contributed by atoms with E-state index in [9.17, 15) is 4.79 Å². The molecule has 2 aromatic heterocycles. The predicted molar refractivity (Wildman–Crippen MR) is 91.5 cm³/mol. The molecular formula is C17H19N3OS. The average Bonchev–Trinajstić information content (AvgIpc) is 3.04. The van der Waals surface area contributed by atoms with Crippen LogP contribution in [0, 0.1) is 6.92 Å². The summed E-state index contributed by atoms with van der Waals surface area (Å²) >= 11 is 1.60. The number of aromatic nitrogens is 2. The molecule has 0 radical (unpaired) electrons. The maximum absolute atomic E-state index is 12.1. The van der Waals surface area contributed by atoms with Crippen LogP contribution < -0.4 is 5.32 Å². The molecule has 0 atom stereocenters. The highest BCUT2D eigenvalue weighted by atomic mass is 32.1. The van der Waals surface area contributed by atoms with E-state index in [4.69, 9.17) is 0 Å². The normalized spacial score (nSPS) is 11.3. The van der Waals surface area contributed by atoms with Gasteiger partial charge in [-0.25, -0.2) is 4.98 Å². The lowest BCUT2D eigenvalue weighted by molar-refractivity contribution is -0.115. The Hall–Kier alpha value is -2.14. The molecule has 0 saturated carbocycles. The van der Waals surface area contributed by atoms with E-state index in [1.807, 2.05) is 42.6 Å². The fourth-order valence-corrected chi connectivity index (χ4v) is 3.43. The van der Waals surface area contributed by atoms with Crippen molar-refractivity contribution in [3.05, 3.63) is 46.4 Å². The van der Waals surface area contributed by atoms with Crippen molar-refractivity contribution in [2.45, 2.75) is 33.2 Å².